The van der Waals surface area contributed by atoms with E-state index in [9.17, 15) is 0 Å². The van der Waals surface area contributed by atoms with E-state index < -0.39 is 0 Å². The van der Waals surface area contributed by atoms with Gasteiger partial charge in [-0.15, -0.1) is 11.6 Å². The van der Waals surface area contributed by atoms with E-state index in [1.54, 1.807) is 0 Å². The van der Waals surface area contributed by atoms with Crippen LogP contribution in [0.25, 0.3) is 11.2 Å². The Balaban J connectivity index is 2.06. The van der Waals surface area contributed by atoms with Gasteiger partial charge in [-0.1, -0.05) is 19.8 Å². The first kappa shape index (κ1) is 14.8. The summed E-state index contributed by atoms with van der Waals surface area (Å²) in [6.45, 7) is 4.48. The molecule has 0 spiro atoms. The van der Waals surface area contributed by atoms with Gasteiger partial charge in [0.05, 0.1) is 0 Å². The highest BCUT2D eigenvalue weighted by atomic mass is 35.5. The number of aromatic nitrogens is 3. The molecule has 114 valence electrons. The summed E-state index contributed by atoms with van der Waals surface area (Å²) in [5.74, 6) is 2.57. The van der Waals surface area contributed by atoms with E-state index in [1.807, 2.05) is 12.3 Å². The summed E-state index contributed by atoms with van der Waals surface area (Å²) in [6, 6.07) is 2.58. The fourth-order valence-electron chi connectivity index (χ4n) is 3.53. The topological polar surface area (TPSA) is 30.7 Å². The van der Waals surface area contributed by atoms with Gasteiger partial charge in [0.25, 0.3) is 0 Å². The van der Waals surface area contributed by atoms with Crippen molar-refractivity contribution in [1.29, 1.82) is 0 Å². The van der Waals surface area contributed by atoms with E-state index in [4.69, 9.17) is 16.6 Å². The fraction of sp³-hybridized carbons (Fsp3) is 0.647. The molecule has 2 unspecified atom stereocenters. The van der Waals surface area contributed by atoms with Gasteiger partial charge in [0.2, 0.25) is 0 Å². The predicted octanol–water partition coefficient (Wildman–Crippen LogP) is 4.66. The highest BCUT2D eigenvalue weighted by molar-refractivity contribution is 6.17. The number of hydrogen-bond acceptors (Lipinski definition) is 2. The first-order chi connectivity index (χ1) is 10.2. The number of fused-ring (bicyclic) bond motifs is 1. The molecule has 0 saturated heterocycles. The van der Waals surface area contributed by atoms with Crippen LogP contribution >= 0.6 is 11.6 Å². The quantitative estimate of drug-likeness (QED) is 0.610. The van der Waals surface area contributed by atoms with Crippen LogP contribution in [0.4, 0.5) is 0 Å². The van der Waals surface area contributed by atoms with Crippen LogP contribution in [0.2, 0.25) is 0 Å². The molecule has 0 aliphatic heterocycles. The Bertz CT molecular complexity index is 620. The molecule has 1 aliphatic carbocycles. The average Bonchev–Trinajstić information content (AvgIpc) is 2.69. The molecule has 0 aromatic carbocycles. The van der Waals surface area contributed by atoms with Gasteiger partial charge in [-0.2, -0.15) is 0 Å². The van der Waals surface area contributed by atoms with Gasteiger partial charge in [-0.25, -0.2) is 9.97 Å². The maximum atomic E-state index is 6.00. The van der Waals surface area contributed by atoms with Gasteiger partial charge < -0.3 is 4.57 Å². The van der Waals surface area contributed by atoms with Gasteiger partial charge in [0, 0.05) is 24.5 Å². The lowest BCUT2D eigenvalue weighted by Gasteiger charge is -2.19. The van der Waals surface area contributed by atoms with E-state index in [0.29, 0.717) is 11.9 Å². The van der Waals surface area contributed by atoms with Gasteiger partial charge in [-0.3, -0.25) is 0 Å². The molecule has 2 aromatic rings. The lowest BCUT2D eigenvalue weighted by Crippen LogP contribution is -2.13. The molecular formula is C17H24ClN3. The molecule has 0 radical (unpaired) electrons. The van der Waals surface area contributed by atoms with Crippen molar-refractivity contribution in [2.24, 2.45) is 5.92 Å². The lowest BCUT2D eigenvalue weighted by atomic mass is 10.0. The normalized spacial score (nSPS) is 23.4. The number of imidazole rings is 1. The summed E-state index contributed by atoms with van der Waals surface area (Å²) in [5.41, 5.74) is 3.31. The smallest absolute Gasteiger partial charge is 0.160 e. The van der Waals surface area contributed by atoms with Crippen LogP contribution < -0.4 is 0 Å². The second-order valence-corrected chi connectivity index (χ2v) is 6.78. The maximum absolute atomic E-state index is 6.00. The minimum absolute atomic E-state index is 0.535. The van der Waals surface area contributed by atoms with Crippen molar-refractivity contribution in [2.75, 3.05) is 5.88 Å². The van der Waals surface area contributed by atoms with E-state index in [1.165, 1.54) is 37.7 Å². The number of nitrogens with zero attached hydrogens (tertiary/aromatic N) is 3. The van der Waals surface area contributed by atoms with E-state index in [-0.39, 0.29) is 0 Å². The first-order valence-corrected chi connectivity index (χ1v) is 8.62. The monoisotopic (exact) mass is 305 g/mol. The summed E-state index contributed by atoms with van der Waals surface area (Å²) in [7, 11) is 0. The van der Waals surface area contributed by atoms with Crippen LogP contribution in [0.15, 0.2) is 12.3 Å². The van der Waals surface area contributed by atoms with E-state index >= 15 is 0 Å². The third kappa shape index (κ3) is 2.94. The average molecular weight is 306 g/mol. The molecule has 3 rings (SSSR count). The number of halogens is 1. The van der Waals surface area contributed by atoms with Crippen LogP contribution in [-0.4, -0.2) is 20.4 Å². The van der Waals surface area contributed by atoms with Crippen LogP contribution in [0.3, 0.4) is 0 Å². The van der Waals surface area contributed by atoms with Crippen molar-refractivity contribution >= 4 is 22.8 Å². The molecule has 2 heterocycles. The number of alkyl halides is 1. The van der Waals surface area contributed by atoms with Crippen molar-refractivity contribution in [1.82, 2.24) is 14.5 Å². The Morgan fingerprint density at radius 2 is 2.14 bits per heavy atom. The third-order valence-electron chi connectivity index (χ3n) is 4.76. The molecule has 1 saturated carbocycles. The SMILES string of the molecule is Cc1ccnc2c1nc(CCCl)n2C1CCCC(C)CC1. The Kier molecular flexibility index (Phi) is 4.48. The molecule has 4 heteroatoms. The second-order valence-electron chi connectivity index (χ2n) is 6.40. The Labute approximate surface area is 131 Å². The van der Waals surface area contributed by atoms with Gasteiger partial charge >= 0.3 is 0 Å². The van der Waals surface area contributed by atoms with Crippen LogP contribution in [0.1, 0.15) is 56.5 Å². The molecular weight excluding hydrogens is 282 g/mol. The molecule has 3 nitrogen and oxygen atoms in total. The molecule has 1 fully saturated rings. The summed E-state index contributed by atoms with van der Waals surface area (Å²) in [5, 5.41) is 0. The highest BCUT2D eigenvalue weighted by Gasteiger charge is 2.23. The second kappa shape index (κ2) is 6.35. The maximum Gasteiger partial charge on any atom is 0.160 e. The largest absolute Gasteiger partial charge is 0.310 e. The Morgan fingerprint density at radius 3 is 2.95 bits per heavy atom. The van der Waals surface area contributed by atoms with Crippen molar-refractivity contribution in [3.63, 3.8) is 0 Å². The van der Waals surface area contributed by atoms with Crippen molar-refractivity contribution < 1.29 is 0 Å². The molecule has 0 N–H and O–H groups in total. The van der Waals surface area contributed by atoms with Crippen molar-refractivity contribution in [3.05, 3.63) is 23.7 Å². The molecule has 0 amide bonds. The fourth-order valence-corrected chi connectivity index (χ4v) is 3.70. The van der Waals surface area contributed by atoms with Crippen LogP contribution in [0.5, 0.6) is 0 Å². The predicted molar refractivity (Wildman–Crippen MR) is 88.0 cm³/mol. The van der Waals surface area contributed by atoms with Crippen LogP contribution in [0, 0.1) is 12.8 Å². The van der Waals surface area contributed by atoms with Crippen LogP contribution in [-0.2, 0) is 6.42 Å². The van der Waals surface area contributed by atoms with Gasteiger partial charge in [-0.05, 0) is 43.7 Å². The number of pyridine rings is 1. The van der Waals surface area contributed by atoms with E-state index in [2.05, 4.69) is 23.4 Å². The zero-order chi connectivity index (χ0) is 14.8. The summed E-state index contributed by atoms with van der Waals surface area (Å²) in [4.78, 5) is 9.47. The summed E-state index contributed by atoms with van der Waals surface area (Å²) >= 11 is 6.00. The first-order valence-electron chi connectivity index (χ1n) is 8.09. The summed E-state index contributed by atoms with van der Waals surface area (Å²) in [6.07, 6.45) is 9.15. The van der Waals surface area contributed by atoms with Crippen molar-refractivity contribution in [3.8, 4) is 0 Å². The molecule has 2 atom stereocenters. The van der Waals surface area contributed by atoms with E-state index in [0.717, 1.165) is 29.3 Å². The molecule has 21 heavy (non-hydrogen) atoms. The minimum Gasteiger partial charge on any atom is -0.310 e. The third-order valence-corrected chi connectivity index (χ3v) is 4.95. The zero-order valence-electron chi connectivity index (χ0n) is 13.0. The highest BCUT2D eigenvalue weighted by Crippen LogP contribution is 2.33. The Hall–Kier alpha value is -1.09. The molecule has 1 aliphatic rings. The van der Waals surface area contributed by atoms with Crippen molar-refractivity contribution in [2.45, 2.75) is 58.4 Å². The number of rotatable bonds is 3. The molecule has 0 bridgehead atoms. The summed E-state index contributed by atoms with van der Waals surface area (Å²) < 4.78 is 2.39. The lowest BCUT2D eigenvalue weighted by molar-refractivity contribution is 0.429. The number of aryl methyl sites for hydroxylation is 2. The standard InChI is InChI=1S/C17H24ClN3/c1-12-4-3-5-14(7-6-12)21-15(8-10-18)20-16-13(2)9-11-19-17(16)21/h9,11-12,14H,3-8,10H2,1-2H3. The number of hydrogen-bond donors (Lipinski definition) is 0. The van der Waals surface area contributed by atoms with Gasteiger partial charge in [0.15, 0.2) is 5.65 Å². The minimum atomic E-state index is 0.535. The Morgan fingerprint density at radius 1 is 1.29 bits per heavy atom. The molecule has 2 aromatic heterocycles. The van der Waals surface area contributed by atoms with Gasteiger partial charge in [0.1, 0.15) is 11.3 Å². The zero-order valence-corrected chi connectivity index (χ0v) is 13.7.